The number of carboxylic acids is 1. The number of carboxylic acid groups (broad SMARTS) is 1. The number of nitrogens with one attached hydrogen (secondary N) is 1. The van der Waals surface area contributed by atoms with E-state index in [1.165, 1.54) is 42.5 Å². The Morgan fingerprint density at radius 1 is 1.08 bits per heavy atom. The van der Waals surface area contributed by atoms with Crippen LogP contribution in [0, 0.1) is 5.82 Å². The van der Waals surface area contributed by atoms with Gasteiger partial charge < -0.3 is 10.4 Å². The highest BCUT2D eigenvalue weighted by Gasteiger charge is 2.35. The highest BCUT2D eigenvalue weighted by Crippen LogP contribution is 2.35. The number of carbonyl (C=O) groups is 1. The van der Waals surface area contributed by atoms with Crippen molar-refractivity contribution < 1.29 is 27.5 Å². The van der Waals surface area contributed by atoms with E-state index < -0.39 is 36.0 Å². The van der Waals surface area contributed by atoms with Gasteiger partial charge in [-0.25, -0.2) is 4.39 Å². The van der Waals surface area contributed by atoms with Crippen LogP contribution in [-0.4, -0.2) is 11.1 Å². The highest BCUT2D eigenvalue weighted by molar-refractivity contribution is 5.68. The summed E-state index contributed by atoms with van der Waals surface area (Å²) in [6, 6.07) is 9.26. The first-order chi connectivity index (χ1) is 11.3. The van der Waals surface area contributed by atoms with Crippen LogP contribution >= 0.6 is 0 Å². The molecule has 0 aliphatic rings. The van der Waals surface area contributed by atoms with Gasteiger partial charge in [-0.15, -0.1) is 0 Å². The molecule has 2 aromatic carbocycles. The van der Waals surface area contributed by atoms with Gasteiger partial charge in [0.15, 0.2) is 0 Å². The third kappa shape index (κ3) is 4.79. The molecular formula is C17H15F4NO2. The molecule has 1 atom stereocenters. The Morgan fingerprint density at radius 3 is 2.29 bits per heavy atom. The molecule has 7 heteroatoms. The third-order valence-electron chi connectivity index (χ3n) is 3.49. The van der Waals surface area contributed by atoms with Crippen LogP contribution in [0.15, 0.2) is 48.5 Å². The van der Waals surface area contributed by atoms with Crippen LogP contribution in [0.4, 0.5) is 17.6 Å². The van der Waals surface area contributed by atoms with Gasteiger partial charge in [0.1, 0.15) is 5.82 Å². The number of halogens is 4. The second kappa shape index (κ2) is 7.44. The Bertz CT molecular complexity index is 698. The lowest BCUT2D eigenvalue weighted by molar-refractivity contribution is -0.141. The zero-order valence-corrected chi connectivity index (χ0v) is 12.5. The monoisotopic (exact) mass is 341 g/mol. The molecule has 0 spiro atoms. The van der Waals surface area contributed by atoms with Crippen LogP contribution in [0.25, 0.3) is 0 Å². The number of rotatable bonds is 6. The zero-order chi connectivity index (χ0) is 17.7. The molecule has 1 unspecified atom stereocenters. The molecule has 2 N–H and O–H groups in total. The van der Waals surface area contributed by atoms with Crippen molar-refractivity contribution >= 4 is 5.97 Å². The summed E-state index contributed by atoms with van der Waals surface area (Å²) >= 11 is 0. The van der Waals surface area contributed by atoms with Gasteiger partial charge in [-0.3, -0.25) is 4.79 Å². The van der Waals surface area contributed by atoms with E-state index >= 15 is 0 Å². The molecule has 0 radical (unpaired) electrons. The van der Waals surface area contributed by atoms with Crippen LogP contribution in [0.5, 0.6) is 0 Å². The molecule has 0 fully saturated rings. The van der Waals surface area contributed by atoms with Crippen LogP contribution in [0.1, 0.15) is 29.2 Å². The van der Waals surface area contributed by atoms with E-state index in [9.17, 15) is 22.4 Å². The lowest BCUT2D eigenvalue weighted by Crippen LogP contribution is -2.26. The summed E-state index contributed by atoms with van der Waals surface area (Å²) < 4.78 is 52.3. The molecule has 24 heavy (non-hydrogen) atoms. The van der Waals surface area contributed by atoms with Crippen molar-refractivity contribution in [2.75, 3.05) is 0 Å². The summed E-state index contributed by atoms with van der Waals surface area (Å²) in [7, 11) is 0. The molecule has 0 amide bonds. The quantitative estimate of drug-likeness (QED) is 0.776. The third-order valence-corrected chi connectivity index (χ3v) is 3.49. The molecule has 0 aliphatic carbocycles. The Hall–Kier alpha value is -2.41. The van der Waals surface area contributed by atoms with Crippen molar-refractivity contribution in [3.8, 4) is 0 Å². The van der Waals surface area contributed by atoms with E-state index in [-0.39, 0.29) is 12.1 Å². The fraction of sp³-hybridized carbons (Fsp3) is 0.235. The Morgan fingerprint density at radius 2 is 1.71 bits per heavy atom. The minimum Gasteiger partial charge on any atom is -0.481 e. The molecule has 0 saturated heterocycles. The van der Waals surface area contributed by atoms with Crippen molar-refractivity contribution in [3.05, 3.63) is 71.0 Å². The van der Waals surface area contributed by atoms with Crippen LogP contribution in [0.2, 0.25) is 0 Å². The van der Waals surface area contributed by atoms with Crippen molar-refractivity contribution in [3.63, 3.8) is 0 Å². The summed E-state index contributed by atoms with van der Waals surface area (Å²) in [6.07, 6.45) is -5.08. The smallest absolute Gasteiger partial charge is 0.416 e. The van der Waals surface area contributed by atoms with Gasteiger partial charge in [0.2, 0.25) is 0 Å². The first-order valence-corrected chi connectivity index (χ1v) is 7.13. The molecule has 0 aromatic heterocycles. The van der Waals surface area contributed by atoms with Crippen molar-refractivity contribution in [2.45, 2.75) is 25.2 Å². The van der Waals surface area contributed by atoms with E-state index in [4.69, 9.17) is 5.11 Å². The SMILES string of the molecule is O=C(O)CC(NCc1ccc(F)cc1)c1ccccc1C(F)(F)F. The molecular weight excluding hydrogens is 326 g/mol. The summed E-state index contributed by atoms with van der Waals surface area (Å²) in [4.78, 5) is 11.0. The number of hydrogen-bond donors (Lipinski definition) is 2. The van der Waals surface area contributed by atoms with Gasteiger partial charge in [-0.2, -0.15) is 13.2 Å². The summed E-state index contributed by atoms with van der Waals surface area (Å²) in [6.45, 7) is 0.115. The fourth-order valence-corrected chi connectivity index (χ4v) is 2.37. The molecule has 0 aliphatic heterocycles. The Balaban J connectivity index is 2.25. The largest absolute Gasteiger partial charge is 0.481 e. The van der Waals surface area contributed by atoms with Crippen molar-refractivity contribution in [1.82, 2.24) is 5.32 Å². The Kier molecular flexibility index (Phi) is 5.56. The van der Waals surface area contributed by atoms with Crippen molar-refractivity contribution in [2.24, 2.45) is 0 Å². The number of aliphatic carboxylic acids is 1. The summed E-state index contributed by atoms with van der Waals surface area (Å²) in [5, 5.41) is 11.8. The van der Waals surface area contributed by atoms with Gasteiger partial charge in [0, 0.05) is 12.6 Å². The summed E-state index contributed by atoms with van der Waals surface area (Å²) in [5.41, 5.74) is -0.367. The second-order valence-electron chi connectivity index (χ2n) is 5.24. The normalized spacial score (nSPS) is 12.8. The number of alkyl halides is 3. The molecule has 2 rings (SSSR count). The first-order valence-electron chi connectivity index (χ1n) is 7.13. The van der Waals surface area contributed by atoms with Gasteiger partial charge in [-0.1, -0.05) is 30.3 Å². The number of hydrogen-bond acceptors (Lipinski definition) is 2. The second-order valence-corrected chi connectivity index (χ2v) is 5.24. The average molecular weight is 341 g/mol. The van der Waals surface area contributed by atoms with E-state index in [2.05, 4.69) is 5.32 Å². The average Bonchev–Trinajstić information content (AvgIpc) is 2.52. The van der Waals surface area contributed by atoms with E-state index in [0.717, 1.165) is 6.07 Å². The lowest BCUT2D eigenvalue weighted by Gasteiger charge is -2.22. The molecule has 0 saturated carbocycles. The minimum atomic E-state index is -4.58. The molecule has 128 valence electrons. The van der Waals surface area contributed by atoms with Crippen LogP contribution in [0.3, 0.4) is 0 Å². The molecule has 3 nitrogen and oxygen atoms in total. The zero-order valence-electron chi connectivity index (χ0n) is 12.5. The highest BCUT2D eigenvalue weighted by atomic mass is 19.4. The van der Waals surface area contributed by atoms with Gasteiger partial charge in [0.25, 0.3) is 0 Å². The van der Waals surface area contributed by atoms with Crippen LogP contribution < -0.4 is 5.32 Å². The number of benzene rings is 2. The van der Waals surface area contributed by atoms with E-state index in [0.29, 0.717) is 5.56 Å². The molecule has 0 heterocycles. The maximum absolute atomic E-state index is 13.1. The van der Waals surface area contributed by atoms with E-state index in [1.807, 2.05) is 0 Å². The standard InChI is InChI=1S/C17H15F4NO2/c18-12-7-5-11(6-8-12)10-22-15(9-16(23)24)13-3-1-2-4-14(13)17(19,20)21/h1-8,15,22H,9-10H2,(H,23,24). The van der Waals surface area contributed by atoms with Crippen LogP contribution in [-0.2, 0) is 17.5 Å². The molecule has 0 bridgehead atoms. The topological polar surface area (TPSA) is 49.3 Å². The molecule has 2 aromatic rings. The lowest BCUT2D eigenvalue weighted by atomic mass is 9.97. The maximum Gasteiger partial charge on any atom is 0.416 e. The van der Waals surface area contributed by atoms with E-state index in [1.54, 1.807) is 0 Å². The predicted molar refractivity (Wildman–Crippen MR) is 79.7 cm³/mol. The van der Waals surface area contributed by atoms with Gasteiger partial charge in [0.05, 0.1) is 12.0 Å². The maximum atomic E-state index is 13.1. The van der Waals surface area contributed by atoms with Gasteiger partial charge >= 0.3 is 12.1 Å². The predicted octanol–water partition coefficient (Wildman–Crippen LogP) is 4.15. The first kappa shape index (κ1) is 17.9. The summed E-state index contributed by atoms with van der Waals surface area (Å²) in [5.74, 6) is -1.65. The van der Waals surface area contributed by atoms with Crippen molar-refractivity contribution in [1.29, 1.82) is 0 Å². The van der Waals surface area contributed by atoms with Gasteiger partial charge in [-0.05, 0) is 29.3 Å². The minimum absolute atomic E-state index is 0.115. The Labute approximate surface area is 135 Å². The fourth-order valence-electron chi connectivity index (χ4n) is 2.37.